The molecule has 0 bridgehead atoms. The summed E-state index contributed by atoms with van der Waals surface area (Å²) in [5.41, 5.74) is 0.264. The van der Waals surface area contributed by atoms with Crippen LogP contribution in [0.3, 0.4) is 0 Å². The SMILES string of the molecule is O=C(O)CC1(c2cccc(Br)c2)CNC(=O)C1. The van der Waals surface area contributed by atoms with Crippen LogP contribution in [0.25, 0.3) is 0 Å². The molecular formula is C12H12BrNO3. The Morgan fingerprint density at radius 2 is 2.29 bits per heavy atom. The van der Waals surface area contributed by atoms with E-state index in [0.717, 1.165) is 10.0 Å². The number of hydrogen-bond donors (Lipinski definition) is 2. The molecule has 0 saturated carbocycles. The number of rotatable bonds is 3. The number of aliphatic carboxylic acids is 1. The van der Waals surface area contributed by atoms with Gasteiger partial charge in [-0.1, -0.05) is 28.1 Å². The number of amides is 1. The molecule has 0 radical (unpaired) electrons. The third kappa shape index (κ3) is 2.49. The highest BCUT2D eigenvalue weighted by Gasteiger charge is 2.41. The molecule has 17 heavy (non-hydrogen) atoms. The number of carbonyl (C=O) groups excluding carboxylic acids is 1. The minimum atomic E-state index is -0.888. The van der Waals surface area contributed by atoms with Gasteiger partial charge < -0.3 is 10.4 Å². The Labute approximate surface area is 107 Å². The van der Waals surface area contributed by atoms with Crippen LogP contribution in [0.15, 0.2) is 28.7 Å². The normalized spacial score (nSPS) is 23.5. The zero-order chi connectivity index (χ0) is 12.5. The molecular weight excluding hydrogens is 286 g/mol. The maximum absolute atomic E-state index is 11.4. The lowest BCUT2D eigenvalue weighted by atomic mass is 9.77. The van der Waals surface area contributed by atoms with Crippen molar-refractivity contribution in [1.82, 2.24) is 5.32 Å². The molecule has 1 aliphatic rings. The van der Waals surface area contributed by atoms with Crippen LogP contribution in [0.2, 0.25) is 0 Å². The Kier molecular flexibility index (Phi) is 3.19. The van der Waals surface area contributed by atoms with E-state index in [1.165, 1.54) is 0 Å². The van der Waals surface area contributed by atoms with Crippen molar-refractivity contribution in [3.8, 4) is 0 Å². The lowest BCUT2D eigenvalue weighted by Crippen LogP contribution is -2.31. The van der Waals surface area contributed by atoms with Crippen molar-refractivity contribution in [3.05, 3.63) is 34.3 Å². The third-order valence-electron chi connectivity index (χ3n) is 3.05. The number of nitrogens with one attached hydrogen (secondary N) is 1. The first kappa shape index (κ1) is 12.1. The van der Waals surface area contributed by atoms with E-state index >= 15 is 0 Å². The molecule has 5 heteroatoms. The van der Waals surface area contributed by atoms with E-state index in [2.05, 4.69) is 21.2 Å². The summed E-state index contributed by atoms with van der Waals surface area (Å²) >= 11 is 3.36. The molecule has 1 aromatic rings. The Balaban J connectivity index is 2.40. The third-order valence-corrected chi connectivity index (χ3v) is 3.54. The maximum Gasteiger partial charge on any atom is 0.304 e. The molecule has 1 heterocycles. The summed E-state index contributed by atoms with van der Waals surface area (Å²) in [6.07, 6.45) is 0.192. The minimum absolute atomic E-state index is 0.0395. The summed E-state index contributed by atoms with van der Waals surface area (Å²) in [6, 6.07) is 7.48. The van der Waals surface area contributed by atoms with Gasteiger partial charge in [-0.15, -0.1) is 0 Å². The molecule has 2 rings (SSSR count). The van der Waals surface area contributed by atoms with Crippen molar-refractivity contribution in [2.75, 3.05) is 6.54 Å². The summed E-state index contributed by atoms with van der Waals surface area (Å²) in [4.78, 5) is 22.4. The summed E-state index contributed by atoms with van der Waals surface area (Å²) in [7, 11) is 0. The van der Waals surface area contributed by atoms with Crippen molar-refractivity contribution in [2.45, 2.75) is 18.3 Å². The van der Waals surface area contributed by atoms with Gasteiger partial charge in [0.05, 0.1) is 6.42 Å². The Morgan fingerprint density at radius 3 is 2.82 bits per heavy atom. The second-order valence-electron chi connectivity index (χ2n) is 4.31. The van der Waals surface area contributed by atoms with Crippen molar-refractivity contribution in [1.29, 1.82) is 0 Å². The standard InChI is InChI=1S/C12H12BrNO3/c13-9-3-1-2-8(4-9)12(6-11(16)17)5-10(15)14-7-12/h1-4H,5-7H2,(H,14,15)(H,16,17). The monoisotopic (exact) mass is 297 g/mol. The summed E-state index contributed by atoms with van der Waals surface area (Å²) in [5, 5.41) is 11.7. The number of carbonyl (C=O) groups is 2. The number of halogens is 1. The van der Waals surface area contributed by atoms with Gasteiger partial charge in [-0.2, -0.15) is 0 Å². The second kappa shape index (κ2) is 4.49. The molecule has 1 atom stereocenters. The van der Waals surface area contributed by atoms with Gasteiger partial charge in [0.1, 0.15) is 0 Å². The number of carboxylic acids is 1. The smallest absolute Gasteiger partial charge is 0.304 e. The molecule has 1 aliphatic heterocycles. The van der Waals surface area contributed by atoms with E-state index < -0.39 is 11.4 Å². The highest BCUT2D eigenvalue weighted by atomic mass is 79.9. The Hall–Kier alpha value is -1.36. The number of benzene rings is 1. The summed E-state index contributed by atoms with van der Waals surface area (Å²) < 4.78 is 0.888. The van der Waals surface area contributed by atoms with E-state index in [9.17, 15) is 9.59 Å². The second-order valence-corrected chi connectivity index (χ2v) is 5.23. The average molecular weight is 298 g/mol. The topological polar surface area (TPSA) is 66.4 Å². The van der Waals surface area contributed by atoms with Crippen molar-refractivity contribution >= 4 is 27.8 Å². The zero-order valence-corrected chi connectivity index (χ0v) is 10.7. The highest BCUT2D eigenvalue weighted by molar-refractivity contribution is 9.10. The van der Waals surface area contributed by atoms with Crippen LogP contribution in [-0.4, -0.2) is 23.5 Å². The van der Waals surface area contributed by atoms with E-state index in [-0.39, 0.29) is 18.7 Å². The van der Waals surface area contributed by atoms with Crippen LogP contribution in [0.5, 0.6) is 0 Å². The first-order valence-electron chi connectivity index (χ1n) is 5.26. The fourth-order valence-electron chi connectivity index (χ4n) is 2.24. The molecule has 1 fully saturated rings. The van der Waals surface area contributed by atoms with Crippen LogP contribution < -0.4 is 5.32 Å². The van der Waals surface area contributed by atoms with Gasteiger partial charge in [-0.3, -0.25) is 9.59 Å². The number of hydrogen-bond acceptors (Lipinski definition) is 2. The van der Waals surface area contributed by atoms with Crippen LogP contribution in [0, 0.1) is 0 Å². The predicted octanol–water partition coefficient (Wildman–Crippen LogP) is 1.68. The lowest BCUT2D eigenvalue weighted by molar-refractivity contribution is -0.138. The Morgan fingerprint density at radius 1 is 1.53 bits per heavy atom. The van der Waals surface area contributed by atoms with Crippen LogP contribution >= 0.6 is 15.9 Å². The molecule has 90 valence electrons. The average Bonchev–Trinajstić information content (AvgIpc) is 2.60. The molecule has 1 amide bonds. The van der Waals surface area contributed by atoms with Gasteiger partial charge in [-0.25, -0.2) is 0 Å². The van der Waals surface area contributed by atoms with Gasteiger partial charge in [-0.05, 0) is 17.7 Å². The largest absolute Gasteiger partial charge is 0.481 e. The van der Waals surface area contributed by atoms with Gasteiger partial charge in [0.15, 0.2) is 0 Å². The van der Waals surface area contributed by atoms with E-state index in [0.29, 0.717) is 6.54 Å². The van der Waals surface area contributed by atoms with E-state index in [1.807, 2.05) is 24.3 Å². The quantitative estimate of drug-likeness (QED) is 0.892. The predicted molar refractivity (Wildman–Crippen MR) is 65.7 cm³/mol. The van der Waals surface area contributed by atoms with Crippen LogP contribution in [0.4, 0.5) is 0 Å². The fourth-order valence-corrected chi connectivity index (χ4v) is 2.64. The first-order valence-corrected chi connectivity index (χ1v) is 6.06. The van der Waals surface area contributed by atoms with Crippen molar-refractivity contribution < 1.29 is 14.7 Å². The molecule has 0 aliphatic carbocycles. The first-order chi connectivity index (χ1) is 8.02. The molecule has 1 saturated heterocycles. The molecule has 0 aromatic heterocycles. The highest BCUT2D eigenvalue weighted by Crippen LogP contribution is 2.35. The van der Waals surface area contributed by atoms with E-state index in [4.69, 9.17) is 5.11 Å². The molecule has 2 N–H and O–H groups in total. The molecule has 0 spiro atoms. The van der Waals surface area contributed by atoms with Crippen molar-refractivity contribution in [2.24, 2.45) is 0 Å². The molecule has 1 aromatic carbocycles. The van der Waals surface area contributed by atoms with Gasteiger partial charge >= 0.3 is 5.97 Å². The van der Waals surface area contributed by atoms with Gasteiger partial charge in [0.25, 0.3) is 0 Å². The van der Waals surface area contributed by atoms with Gasteiger partial charge in [0, 0.05) is 22.9 Å². The van der Waals surface area contributed by atoms with Crippen LogP contribution in [0.1, 0.15) is 18.4 Å². The van der Waals surface area contributed by atoms with Crippen LogP contribution in [-0.2, 0) is 15.0 Å². The maximum atomic E-state index is 11.4. The molecule has 1 unspecified atom stereocenters. The molecule has 4 nitrogen and oxygen atoms in total. The van der Waals surface area contributed by atoms with E-state index in [1.54, 1.807) is 0 Å². The fraction of sp³-hybridized carbons (Fsp3) is 0.333. The van der Waals surface area contributed by atoms with Crippen molar-refractivity contribution in [3.63, 3.8) is 0 Å². The summed E-state index contributed by atoms with van der Waals surface area (Å²) in [6.45, 7) is 0.384. The van der Waals surface area contributed by atoms with Gasteiger partial charge in [0.2, 0.25) is 5.91 Å². The lowest BCUT2D eigenvalue weighted by Gasteiger charge is -2.25. The number of carboxylic acid groups (broad SMARTS) is 1. The minimum Gasteiger partial charge on any atom is -0.481 e. The zero-order valence-electron chi connectivity index (χ0n) is 9.07. The summed E-state index contributed by atoms with van der Waals surface area (Å²) in [5.74, 6) is -0.979. The Bertz CT molecular complexity index is 475.